The molecule has 1 amide bonds. The molecule has 4 heteroatoms. The minimum Gasteiger partial charge on any atom is -0.494 e. The molecule has 108 valence electrons. The largest absolute Gasteiger partial charge is 0.494 e. The van der Waals surface area contributed by atoms with Gasteiger partial charge >= 0.3 is 0 Å². The van der Waals surface area contributed by atoms with E-state index >= 15 is 0 Å². The van der Waals surface area contributed by atoms with Crippen LogP contribution in [0, 0.1) is 0 Å². The summed E-state index contributed by atoms with van der Waals surface area (Å²) in [7, 11) is 0. The summed E-state index contributed by atoms with van der Waals surface area (Å²) in [5.41, 5.74) is 3.75. The smallest absolute Gasteiger partial charge is 0.255 e. The number of anilines is 2. The summed E-state index contributed by atoms with van der Waals surface area (Å²) in [5, 5.41) is 6.20. The van der Waals surface area contributed by atoms with Crippen molar-refractivity contribution < 1.29 is 9.53 Å². The average molecular weight is 282 g/mol. The lowest BCUT2D eigenvalue weighted by Crippen LogP contribution is -2.12. The third-order valence-electron chi connectivity index (χ3n) is 3.48. The van der Waals surface area contributed by atoms with Gasteiger partial charge in [0.25, 0.3) is 5.91 Å². The van der Waals surface area contributed by atoms with Gasteiger partial charge in [-0.25, -0.2) is 0 Å². The summed E-state index contributed by atoms with van der Waals surface area (Å²) in [6.45, 7) is 3.48. The average Bonchev–Trinajstić information content (AvgIpc) is 2.95. The maximum absolute atomic E-state index is 12.3. The Morgan fingerprint density at radius 3 is 3.05 bits per heavy atom. The molecule has 0 radical (unpaired) electrons. The van der Waals surface area contributed by atoms with E-state index in [1.165, 1.54) is 5.56 Å². The highest BCUT2D eigenvalue weighted by Crippen LogP contribution is 2.24. The lowest BCUT2D eigenvalue weighted by molar-refractivity contribution is 0.102. The zero-order valence-corrected chi connectivity index (χ0v) is 12.0. The molecular formula is C17H18N2O2. The second kappa shape index (κ2) is 5.87. The quantitative estimate of drug-likeness (QED) is 0.904. The van der Waals surface area contributed by atoms with E-state index in [0.29, 0.717) is 12.2 Å². The molecule has 0 aliphatic carbocycles. The van der Waals surface area contributed by atoms with Crippen molar-refractivity contribution >= 4 is 17.3 Å². The van der Waals surface area contributed by atoms with Crippen LogP contribution in [0.1, 0.15) is 22.8 Å². The maximum atomic E-state index is 12.3. The molecule has 0 fully saturated rings. The van der Waals surface area contributed by atoms with E-state index in [-0.39, 0.29) is 5.91 Å². The van der Waals surface area contributed by atoms with Crippen LogP contribution in [0.5, 0.6) is 5.75 Å². The van der Waals surface area contributed by atoms with Crippen LogP contribution in [0.3, 0.4) is 0 Å². The Morgan fingerprint density at radius 1 is 1.29 bits per heavy atom. The lowest BCUT2D eigenvalue weighted by atomic mass is 10.1. The number of carbonyl (C=O) groups is 1. The summed E-state index contributed by atoms with van der Waals surface area (Å²) in [6, 6.07) is 13.2. The number of carbonyl (C=O) groups excluding carboxylic acids is 1. The van der Waals surface area contributed by atoms with Gasteiger partial charge in [0, 0.05) is 29.5 Å². The Kier molecular flexibility index (Phi) is 3.77. The fourth-order valence-corrected chi connectivity index (χ4v) is 2.48. The Balaban J connectivity index is 1.75. The van der Waals surface area contributed by atoms with Crippen LogP contribution in [0.2, 0.25) is 0 Å². The number of hydrogen-bond acceptors (Lipinski definition) is 3. The van der Waals surface area contributed by atoms with Gasteiger partial charge in [0.2, 0.25) is 0 Å². The maximum Gasteiger partial charge on any atom is 0.255 e. The molecule has 0 spiro atoms. The normalized spacial score (nSPS) is 12.4. The highest BCUT2D eigenvalue weighted by molar-refractivity contribution is 6.04. The van der Waals surface area contributed by atoms with Crippen LogP contribution < -0.4 is 15.4 Å². The van der Waals surface area contributed by atoms with E-state index in [2.05, 4.69) is 10.6 Å². The van der Waals surface area contributed by atoms with Crippen molar-refractivity contribution in [2.45, 2.75) is 13.3 Å². The first-order valence-corrected chi connectivity index (χ1v) is 7.17. The van der Waals surface area contributed by atoms with Crippen molar-refractivity contribution in [2.24, 2.45) is 0 Å². The lowest BCUT2D eigenvalue weighted by Gasteiger charge is -2.09. The summed E-state index contributed by atoms with van der Waals surface area (Å²) >= 11 is 0. The molecule has 0 saturated heterocycles. The van der Waals surface area contributed by atoms with E-state index < -0.39 is 0 Å². The van der Waals surface area contributed by atoms with Gasteiger partial charge in [-0.05, 0) is 49.2 Å². The van der Waals surface area contributed by atoms with Crippen LogP contribution in [-0.2, 0) is 6.42 Å². The van der Waals surface area contributed by atoms with Crippen molar-refractivity contribution in [3.63, 3.8) is 0 Å². The van der Waals surface area contributed by atoms with Crippen LogP contribution >= 0.6 is 0 Å². The SMILES string of the molecule is CCOc1cccc(NC(=O)c2ccc3c(c2)CCN3)c1. The highest BCUT2D eigenvalue weighted by Gasteiger charge is 2.13. The van der Waals surface area contributed by atoms with Gasteiger partial charge in [0.05, 0.1) is 6.61 Å². The molecule has 0 aromatic heterocycles. The minimum atomic E-state index is -0.0988. The van der Waals surface area contributed by atoms with Gasteiger partial charge in [-0.3, -0.25) is 4.79 Å². The zero-order chi connectivity index (χ0) is 14.7. The Morgan fingerprint density at radius 2 is 2.19 bits per heavy atom. The summed E-state index contributed by atoms with van der Waals surface area (Å²) in [4.78, 5) is 12.3. The predicted molar refractivity (Wildman–Crippen MR) is 84.2 cm³/mol. The minimum absolute atomic E-state index is 0.0988. The van der Waals surface area contributed by atoms with E-state index in [9.17, 15) is 4.79 Å². The molecule has 3 rings (SSSR count). The molecule has 0 saturated carbocycles. The number of nitrogens with one attached hydrogen (secondary N) is 2. The van der Waals surface area contributed by atoms with E-state index in [1.54, 1.807) is 0 Å². The first-order chi connectivity index (χ1) is 10.3. The predicted octanol–water partition coefficient (Wildman–Crippen LogP) is 3.31. The third-order valence-corrected chi connectivity index (χ3v) is 3.48. The molecule has 1 heterocycles. The number of amides is 1. The highest BCUT2D eigenvalue weighted by atomic mass is 16.5. The molecule has 1 aliphatic rings. The van der Waals surface area contributed by atoms with E-state index in [1.807, 2.05) is 49.4 Å². The van der Waals surface area contributed by atoms with Crippen molar-refractivity contribution in [1.29, 1.82) is 0 Å². The van der Waals surface area contributed by atoms with Crippen LogP contribution in [0.25, 0.3) is 0 Å². The Bertz CT molecular complexity index is 668. The van der Waals surface area contributed by atoms with Crippen molar-refractivity contribution in [3.05, 3.63) is 53.6 Å². The first-order valence-electron chi connectivity index (χ1n) is 7.17. The van der Waals surface area contributed by atoms with Gasteiger partial charge < -0.3 is 15.4 Å². The van der Waals surface area contributed by atoms with Crippen LogP contribution in [0.15, 0.2) is 42.5 Å². The molecule has 1 aliphatic heterocycles. The molecule has 0 atom stereocenters. The molecule has 2 aromatic rings. The summed E-state index contributed by atoms with van der Waals surface area (Å²) in [6.07, 6.45) is 0.969. The topological polar surface area (TPSA) is 50.4 Å². The molecule has 21 heavy (non-hydrogen) atoms. The Hall–Kier alpha value is -2.49. The van der Waals surface area contributed by atoms with E-state index in [4.69, 9.17) is 4.74 Å². The standard InChI is InChI=1S/C17H18N2O2/c1-2-21-15-5-3-4-14(11-15)19-17(20)13-6-7-16-12(10-13)8-9-18-16/h3-7,10-11,18H,2,8-9H2,1H3,(H,19,20). The van der Waals surface area contributed by atoms with Crippen molar-refractivity contribution in [2.75, 3.05) is 23.8 Å². The zero-order valence-electron chi connectivity index (χ0n) is 12.0. The number of hydrogen-bond donors (Lipinski definition) is 2. The van der Waals surface area contributed by atoms with Gasteiger partial charge in [0.1, 0.15) is 5.75 Å². The second-order valence-electron chi connectivity index (χ2n) is 4.96. The fourth-order valence-electron chi connectivity index (χ4n) is 2.48. The number of rotatable bonds is 4. The molecule has 4 nitrogen and oxygen atoms in total. The third kappa shape index (κ3) is 2.99. The molecule has 2 aromatic carbocycles. The molecule has 0 unspecified atom stereocenters. The second-order valence-corrected chi connectivity index (χ2v) is 4.96. The molecule has 2 N–H and O–H groups in total. The van der Waals surface area contributed by atoms with Gasteiger partial charge in [-0.15, -0.1) is 0 Å². The first kappa shape index (κ1) is 13.5. The van der Waals surface area contributed by atoms with E-state index in [0.717, 1.165) is 30.1 Å². The van der Waals surface area contributed by atoms with Gasteiger partial charge in [-0.2, -0.15) is 0 Å². The fraction of sp³-hybridized carbons (Fsp3) is 0.235. The number of fused-ring (bicyclic) bond motifs is 1. The van der Waals surface area contributed by atoms with Crippen molar-refractivity contribution in [1.82, 2.24) is 0 Å². The summed E-state index contributed by atoms with van der Waals surface area (Å²) < 4.78 is 5.43. The van der Waals surface area contributed by atoms with Crippen molar-refractivity contribution in [3.8, 4) is 5.75 Å². The monoisotopic (exact) mass is 282 g/mol. The summed E-state index contributed by atoms with van der Waals surface area (Å²) in [5.74, 6) is 0.659. The van der Waals surface area contributed by atoms with Crippen LogP contribution in [-0.4, -0.2) is 19.1 Å². The number of ether oxygens (including phenoxy) is 1. The van der Waals surface area contributed by atoms with Crippen LogP contribution in [0.4, 0.5) is 11.4 Å². The van der Waals surface area contributed by atoms with Gasteiger partial charge in [0.15, 0.2) is 0 Å². The molecule has 0 bridgehead atoms. The molecular weight excluding hydrogens is 264 g/mol. The Labute approximate surface area is 124 Å². The van der Waals surface area contributed by atoms with Gasteiger partial charge in [-0.1, -0.05) is 6.07 Å². The number of benzene rings is 2.